The molecular weight excluding hydrogens is 380 g/mol. The molecule has 0 aliphatic carbocycles. The van der Waals surface area contributed by atoms with Crippen LogP contribution in [0.2, 0.25) is 0 Å². The summed E-state index contributed by atoms with van der Waals surface area (Å²) in [4.78, 5) is 29.4. The minimum Gasteiger partial charge on any atom is -0.348 e. The van der Waals surface area contributed by atoms with Gasteiger partial charge >= 0.3 is 0 Å². The quantitative estimate of drug-likeness (QED) is 0.588. The zero-order chi connectivity index (χ0) is 21.7. The third-order valence-electron chi connectivity index (χ3n) is 5.47. The van der Waals surface area contributed by atoms with Gasteiger partial charge in [-0.05, 0) is 68.2 Å². The average Bonchev–Trinajstić information content (AvgIpc) is 3.02. The number of pyridine rings is 1. The van der Waals surface area contributed by atoms with E-state index < -0.39 is 0 Å². The van der Waals surface area contributed by atoms with Gasteiger partial charge in [0.2, 0.25) is 0 Å². The maximum Gasteiger partial charge on any atom is 0.253 e. The van der Waals surface area contributed by atoms with E-state index in [4.69, 9.17) is 0 Å². The fraction of sp³-hybridized carbons (Fsp3) is 0.500. The van der Waals surface area contributed by atoms with E-state index in [2.05, 4.69) is 51.0 Å². The maximum atomic E-state index is 12.8. The number of aromatic nitrogens is 1. The number of amides is 1. The highest BCUT2D eigenvalue weighted by Crippen LogP contribution is 2.34. The van der Waals surface area contributed by atoms with Crippen LogP contribution in [-0.4, -0.2) is 10.9 Å². The van der Waals surface area contributed by atoms with E-state index in [-0.39, 0.29) is 18.0 Å². The Morgan fingerprint density at radius 2 is 1.97 bits per heavy atom. The number of carbonyl (C=O) groups excluding carboxylic acids is 1. The molecule has 158 valence electrons. The zero-order valence-electron chi connectivity index (χ0n) is 18.7. The molecule has 0 fully saturated rings. The molecule has 0 aliphatic rings. The van der Waals surface area contributed by atoms with E-state index in [1.807, 2.05) is 25.3 Å². The second-order valence-electron chi connectivity index (χ2n) is 8.22. The highest BCUT2D eigenvalue weighted by Gasteiger charge is 2.19. The van der Waals surface area contributed by atoms with Gasteiger partial charge in [-0.25, -0.2) is 0 Å². The molecule has 0 bridgehead atoms. The van der Waals surface area contributed by atoms with Crippen molar-refractivity contribution in [3.05, 3.63) is 60.7 Å². The van der Waals surface area contributed by atoms with E-state index >= 15 is 0 Å². The summed E-state index contributed by atoms with van der Waals surface area (Å²) in [5, 5.41) is 4.87. The minimum atomic E-state index is -0.130. The van der Waals surface area contributed by atoms with Crippen molar-refractivity contribution < 1.29 is 4.79 Å². The Morgan fingerprint density at radius 1 is 1.28 bits per heavy atom. The van der Waals surface area contributed by atoms with Crippen molar-refractivity contribution in [2.75, 3.05) is 0 Å². The van der Waals surface area contributed by atoms with E-state index in [9.17, 15) is 9.59 Å². The Bertz CT molecular complexity index is 950. The number of hydrogen-bond donors (Lipinski definition) is 2. The third-order valence-corrected chi connectivity index (χ3v) is 6.60. The van der Waals surface area contributed by atoms with Crippen LogP contribution in [0, 0.1) is 25.7 Å². The molecule has 0 spiro atoms. The molecule has 0 aliphatic heterocycles. The molecule has 29 heavy (non-hydrogen) atoms. The fourth-order valence-electron chi connectivity index (χ4n) is 3.60. The summed E-state index contributed by atoms with van der Waals surface area (Å²) < 4.78 is 0. The second-order valence-corrected chi connectivity index (χ2v) is 9.10. The molecule has 0 radical (unpaired) electrons. The van der Waals surface area contributed by atoms with Crippen LogP contribution in [0.3, 0.4) is 0 Å². The van der Waals surface area contributed by atoms with E-state index in [1.54, 1.807) is 11.3 Å². The lowest BCUT2D eigenvalue weighted by Crippen LogP contribution is -2.28. The highest BCUT2D eigenvalue weighted by atomic mass is 32.1. The number of thiophene rings is 1. The van der Waals surface area contributed by atoms with Crippen LogP contribution in [0.4, 0.5) is 0 Å². The molecule has 1 amide bonds. The van der Waals surface area contributed by atoms with Gasteiger partial charge in [-0.3, -0.25) is 9.59 Å². The first-order chi connectivity index (χ1) is 13.7. The largest absolute Gasteiger partial charge is 0.348 e. The number of carbonyl (C=O) groups is 1. The molecular formula is C24H34N2O2S. The Kier molecular flexibility index (Phi) is 8.03. The minimum absolute atomic E-state index is 0.114. The maximum absolute atomic E-state index is 12.8. The van der Waals surface area contributed by atoms with Gasteiger partial charge in [0, 0.05) is 28.1 Å². The molecule has 4 nitrogen and oxygen atoms in total. The highest BCUT2D eigenvalue weighted by molar-refractivity contribution is 7.11. The molecule has 0 aromatic carbocycles. The predicted octanol–water partition coefficient (Wildman–Crippen LogP) is 5.63. The summed E-state index contributed by atoms with van der Waals surface area (Å²) in [5.74, 6) is 0.803. The number of H-pyrrole nitrogens is 1. The molecule has 0 saturated heterocycles. The summed E-state index contributed by atoms with van der Waals surface area (Å²) in [6, 6.07) is 2.02. The van der Waals surface area contributed by atoms with Gasteiger partial charge in [0.05, 0.1) is 5.56 Å². The van der Waals surface area contributed by atoms with Crippen molar-refractivity contribution in [1.82, 2.24) is 10.3 Å². The van der Waals surface area contributed by atoms with Gasteiger partial charge in [-0.2, -0.15) is 0 Å². The molecule has 1 atom stereocenters. The third kappa shape index (κ3) is 5.47. The van der Waals surface area contributed by atoms with Gasteiger partial charge < -0.3 is 10.3 Å². The van der Waals surface area contributed by atoms with E-state index in [0.717, 1.165) is 29.7 Å². The number of nitrogens with one attached hydrogen (secondary N) is 2. The topological polar surface area (TPSA) is 62.0 Å². The summed E-state index contributed by atoms with van der Waals surface area (Å²) in [5.41, 5.74) is 5.36. The number of rotatable bonds is 8. The van der Waals surface area contributed by atoms with Gasteiger partial charge in [0.25, 0.3) is 11.5 Å². The van der Waals surface area contributed by atoms with Crippen molar-refractivity contribution >= 4 is 22.8 Å². The van der Waals surface area contributed by atoms with E-state index in [1.165, 1.54) is 10.5 Å². The first-order valence-electron chi connectivity index (χ1n) is 10.4. The average molecular weight is 415 g/mol. The monoisotopic (exact) mass is 414 g/mol. The van der Waals surface area contributed by atoms with Crippen LogP contribution < -0.4 is 10.9 Å². The molecule has 1 unspecified atom stereocenters. The van der Waals surface area contributed by atoms with Gasteiger partial charge in [-0.1, -0.05) is 33.8 Å². The molecule has 2 N–H and O–H groups in total. The number of aromatic amines is 1. The summed E-state index contributed by atoms with van der Waals surface area (Å²) in [7, 11) is 0. The first-order valence-corrected chi connectivity index (χ1v) is 11.3. The number of aryl methyl sites for hydroxylation is 1. The molecule has 2 aromatic heterocycles. The summed E-state index contributed by atoms with van der Waals surface area (Å²) >= 11 is 1.62. The Morgan fingerprint density at radius 3 is 2.52 bits per heavy atom. The van der Waals surface area contributed by atoms with Gasteiger partial charge in [0.15, 0.2) is 0 Å². The normalized spacial score (nSPS) is 13.0. The smallest absolute Gasteiger partial charge is 0.253 e. The van der Waals surface area contributed by atoms with Crippen LogP contribution in [0.5, 0.6) is 0 Å². The molecule has 2 aromatic rings. The number of allylic oxidation sites excluding steroid dienone is 2. The van der Waals surface area contributed by atoms with Crippen LogP contribution >= 0.6 is 11.3 Å². The van der Waals surface area contributed by atoms with Crippen LogP contribution in [0.1, 0.15) is 78.7 Å². The second kappa shape index (κ2) is 10.1. The van der Waals surface area contributed by atoms with Crippen LogP contribution in [0.15, 0.2) is 22.3 Å². The lowest BCUT2D eigenvalue weighted by atomic mass is 9.94. The lowest BCUT2D eigenvalue weighted by Gasteiger charge is -2.14. The van der Waals surface area contributed by atoms with Crippen LogP contribution in [0.25, 0.3) is 5.57 Å². The number of hydrogen-bond acceptors (Lipinski definition) is 3. The van der Waals surface area contributed by atoms with Crippen molar-refractivity contribution in [2.24, 2.45) is 11.8 Å². The van der Waals surface area contributed by atoms with Gasteiger partial charge in [0.1, 0.15) is 0 Å². The Hall–Kier alpha value is -2.14. The van der Waals surface area contributed by atoms with Crippen molar-refractivity contribution in [3.8, 4) is 0 Å². The molecule has 5 heteroatoms. The molecule has 0 saturated carbocycles. The van der Waals surface area contributed by atoms with Crippen molar-refractivity contribution in [3.63, 3.8) is 0 Å². The summed E-state index contributed by atoms with van der Waals surface area (Å²) in [6.45, 7) is 14.9. The van der Waals surface area contributed by atoms with Crippen LogP contribution in [-0.2, 0) is 13.0 Å². The molecule has 2 rings (SSSR count). The fourth-order valence-corrected chi connectivity index (χ4v) is 4.86. The van der Waals surface area contributed by atoms with E-state index in [0.29, 0.717) is 23.0 Å². The Balaban J connectivity index is 2.18. The Labute approximate surface area is 178 Å². The summed E-state index contributed by atoms with van der Waals surface area (Å²) in [6.07, 6.45) is 4.05. The molecule has 2 heterocycles. The van der Waals surface area contributed by atoms with Gasteiger partial charge in [-0.15, -0.1) is 11.3 Å². The lowest BCUT2D eigenvalue weighted by molar-refractivity contribution is 0.0950. The van der Waals surface area contributed by atoms with Crippen molar-refractivity contribution in [1.29, 1.82) is 0 Å². The standard InChI is InChI=1S/C24H34N2O2S/c1-8-15(5)19(9-2)22-17(7)21(13-29-22)23(27)25-12-20-16(6)11-18(10-14(3)4)26-24(20)28/h9,11,13-15H,8,10,12H2,1-7H3,(H,25,27)(H,26,28). The predicted molar refractivity (Wildman–Crippen MR) is 124 cm³/mol. The first kappa shape index (κ1) is 23.1. The van der Waals surface area contributed by atoms with Crippen molar-refractivity contribution in [2.45, 2.75) is 67.9 Å². The zero-order valence-corrected chi connectivity index (χ0v) is 19.5. The SMILES string of the molecule is CC=C(c1scc(C(=O)NCc2c(C)cc(CC(C)C)[nH]c2=O)c1C)C(C)CC.